The van der Waals surface area contributed by atoms with Gasteiger partial charge in [-0.3, -0.25) is 4.79 Å². The van der Waals surface area contributed by atoms with Crippen LogP contribution in [0.25, 0.3) is 11.6 Å². The van der Waals surface area contributed by atoms with Crippen LogP contribution in [0, 0.1) is 0 Å². The molecule has 3 rings (SSSR count). The molecule has 0 bridgehead atoms. The van der Waals surface area contributed by atoms with E-state index in [1.165, 1.54) is 0 Å². The Morgan fingerprint density at radius 2 is 1.96 bits per heavy atom. The smallest absolute Gasteiger partial charge is 0.421 e. The molecule has 1 heterocycles. The van der Waals surface area contributed by atoms with E-state index in [1.807, 2.05) is 30.3 Å². The summed E-state index contributed by atoms with van der Waals surface area (Å²) in [6, 6.07) is 14.5. The first-order chi connectivity index (χ1) is 11.1. The van der Waals surface area contributed by atoms with E-state index in [4.69, 9.17) is 16.3 Å². The monoisotopic (exact) mass is 327 g/mol. The lowest BCUT2D eigenvalue weighted by atomic mass is 10.0. The van der Waals surface area contributed by atoms with Crippen molar-refractivity contribution in [3.05, 3.63) is 64.7 Å². The fraction of sp³-hybridized carbons (Fsp3) is 0.111. The third kappa shape index (κ3) is 2.85. The van der Waals surface area contributed by atoms with Gasteiger partial charge >= 0.3 is 6.09 Å². The zero-order valence-electron chi connectivity index (χ0n) is 12.5. The number of halogens is 1. The molecule has 2 amide bonds. The lowest BCUT2D eigenvalue weighted by Crippen LogP contribution is -2.34. The Labute approximate surface area is 138 Å². The molecule has 0 atom stereocenters. The van der Waals surface area contributed by atoms with Crippen LogP contribution in [0.5, 0.6) is 0 Å². The number of ether oxygens (including phenoxy) is 1. The maximum atomic E-state index is 12.7. The zero-order chi connectivity index (χ0) is 16.4. The highest BCUT2D eigenvalue weighted by Crippen LogP contribution is 2.39. The molecular weight excluding hydrogens is 314 g/mol. The van der Waals surface area contributed by atoms with E-state index in [1.54, 1.807) is 31.2 Å². The van der Waals surface area contributed by atoms with Gasteiger partial charge < -0.3 is 4.74 Å². The van der Waals surface area contributed by atoms with E-state index in [9.17, 15) is 9.59 Å². The summed E-state index contributed by atoms with van der Waals surface area (Å²) in [5.74, 6) is -0.412. The van der Waals surface area contributed by atoms with Gasteiger partial charge in [-0.15, -0.1) is 0 Å². The van der Waals surface area contributed by atoms with Crippen LogP contribution in [0.1, 0.15) is 18.1 Å². The van der Waals surface area contributed by atoms with Crippen molar-refractivity contribution in [3.63, 3.8) is 0 Å². The lowest BCUT2D eigenvalue weighted by Gasteiger charge is -2.14. The van der Waals surface area contributed by atoms with Gasteiger partial charge in [0.05, 0.1) is 17.9 Å². The molecular formula is C18H14ClNO3. The normalized spacial score (nSPS) is 15.0. The molecule has 0 aliphatic carbocycles. The molecule has 0 aromatic heterocycles. The van der Waals surface area contributed by atoms with Gasteiger partial charge in [0, 0.05) is 10.6 Å². The molecule has 116 valence electrons. The van der Waals surface area contributed by atoms with Gasteiger partial charge in [-0.2, -0.15) is 0 Å². The number of amides is 2. The minimum atomic E-state index is -0.697. The van der Waals surface area contributed by atoms with Crippen LogP contribution in [0.3, 0.4) is 0 Å². The molecule has 0 N–H and O–H groups in total. The Morgan fingerprint density at radius 3 is 2.65 bits per heavy atom. The van der Waals surface area contributed by atoms with E-state index >= 15 is 0 Å². The molecule has 2 aromatic carbocycles. The van der Waals surface area contributed by atoms with Crippen molar-refractivity contribution in [1.82, 2.24) is 0 Å². The summed E-state index contributed by atoms with van der Waals surface area (Å²) in [5.41, 5.74) is 2.43. The number of anilines is 1. The van der Waals surface area contributed by atoms with Crippen molar-refractivity contribution >= 4 is 40.9 Å². The third-order valence-electron chi connectivity index (χ3n) is 3.49. The number of nitrogens with zero attached hydrogens (tertiary/aromatic N) is 1. The first kappa shape index (κ1) is 15.3. The molecule has 2 aromatic rings. The maximum Gasteiger partial charge on any atom is 0.421 e. The highest BCUT2D eigenvalue weighted by Gasteiger charge is 2.37. The Bertz CT molecular complexity index is 799. The number of carbonyl (C=O) groups is 2. The maximum absolute atomic E-state index is 12.7. The second-order valence-corrected chi connectivity index (χ2v) is 5.41. The predicted molar refractivity (Wildman–Crippen MR) is 90.3 cm³/mol. The highest BCUT2D eigenvalue weighted by atomic mass is 35.5. The van der Waals surface area contributed by atoms with E-state index in [0.29, 0.717) is 21.8 Å². The van der Waals surface area contributed by atoms with Crippen LogP contribution in [-0.4, -0.2) is 18.6 Å². The summed E-state index contributed by atoms with van der Waals surface area (Å²) in [6.45, 7) is 1.88. The topological polar surface area (TPSA) is 46.6 Å². The molecule has 0 spiro atoms. The van der Waals surface area contributed by atoms with Gasteiger partial charge in [0.1, 0.15) is 0 Å². The standard InChI is InChI=1S/C18H14ClNO3/c1-2-23-18(22)20-16-11-13(19)8-9-14(16)15(17(20)21)10-12-6-4-3-5-7-12/h3-11H,2H2,1H3/b15-10+. The third-order valence-corrected chi connectivity index (χ3v) is 3.72. The van der Waals surface area contributed by atoms with Crippen molar-refractivity contribution in [2.24, 2.45) is 0 Å². The molecule has 0 saturated carbocycles. The van der Waals surface area contributed by atoms with Crippen molar-refractivity contribution < 1.29 is 14.3 Å². The van der Waals surface area contributed by atoms with Crippen LogP contribution in [0.15, 0.2) is 48.5 Å². The number of hydrogen-bond donors (Lipinski definition) is 0. The summed E-state index contributed by atoms with van der Waals surface area (Å²) in [7, 11) is 0. The number of benzene rings is 2. The number of rotatable bonds is 2. The van der Waals surface area contributed by atoms with Gasteiger partial charge in [0.15, 0.2) is 0 Å². The van der Waals surface area contributed by atoms with Crippen molar-refractivity contribution in [2.45, 2.75) is 6.92 Å². The first-order valence-corrected chi connectivity index (χ1v) is 7.57. The molecule has 0 radical (unpaired) electrons. The molecule has 0 saturated heterocycles. The highest BCUT2D eigenvalue weighted by molar-refractivity contribution is 6.42. The number of carbonyl (C=O) groups excluding carboxylic acids is 2. The van der Waals surface area contributed by atoms with Crippen molar-refractivity contribution in [1.29, 1.82) is 0 Å². The molecule has 4 nitrogen and oxygen atoms in total. The fourth-order valence-corrected chi connectivity index (χ4v) is 2.65. The number of hydrogen-bond acceptors (Lipinski definition) is 3. The van der Waals surface area contributed by atoms with E-state index in [0.717, 1.165) is 10.5 Å². The summed E-state index contributed by atoms with van der Waals surface area (Å²) in [5, 5.41) is 0.451. The Hall–Kier alpha value is -2.59. The van der Waals surface area contributed by atoms with Crippen LogP contribution in [0.4, 0.5) is 10.5 Å². The first-order valence-electron chi connectivity index (χ1n) is 7.19. The predicted octanol–water partition coefficient (Wildman–Crippen LogP) is 4.38. The van der Waals surface area contributed by atoms with Crippen molar-refractivity contribution in [3.8, 4) is 0 Å². The Morgan fingerprint density at radius 1 is 1.22 bits per heavy atom. The Balaban J connectivity index is 2.12. The van der Waals surface area contributed by atoms with Gasteiger partial charge in [-0.1, -0.05) is 48.0 Å². The molecule has 5 heteroatoms. The summed E-state index contributed by atoms with van der Waals surface area (Å²) in [4.78, 5) is 25.9. The van der Waals surface area contributed by atoms with Crippen LogP contribution in [0.2, 0.25) is 5.02 Å². The Kier molecular flexibility index (Phi) is 4.17. The zero-order valence-corrected chi connectivity index (χ0v) is 13.2. The number of imide groups is 1. The largest absolute Gasteiger partial charge is 0.449 e. The van der Waals surface area contributed by atoms with E-state index < -0.39 is 12.0 Å². The second-order valence-electron chi connectivity index (χ2n) is 4.97. The van der Waals surface area contributed by atoms with E-state index in [-0.39, 0.29) is 6.61 Å². The minimum absolute atomic E-state index is 0.191. The van der Waals surface area contributed by atoms with Gasteiger partial charge in [-0.25, -0.2) is 9.69 Å². The van der Waals surface area contributed by atoms with Gasteiger partial charge in [0.25, 0.3) is 5.91 Å². The van der Waals surface area contributed by atoms with Crippen LogP contribution in [-0.2, 0) is 9.53 Å². The molecule has 0 fully saturated rings. The SMILES string of the molecule is CCOC(=O)N1C(=O)/C(=C/c2ccccc2)c2ccc(Cl)cc21. The molecule has 23 heavy (non-hydrogen) atoms. The molecule has 1 aliphatic rings. The van der Waals surface area contributed by atoms with Gasteiger partial charge in [0.2, 0.25) is 0 Å². The summed E-state index contributed by atoms with van der Waals surface area (Å²) >= 11 is 6.02. The molecule has 0 unspecified atom stereocenters. The quantitative estimate of drug-likeness (QED) is 0.769. The van der Waals surface area contributed by atoms with Crippen molar-refractivity contribution in [2.75, 3.05) is 11.5 Å². The number of fused-ring (bicyclic) bond motifs is 1. The average molecular weight is 328 g/mol. The summed E-state index contributed by atoms with van der Waals surface area (Å²) < 4.78 is 4.99. The van der Waals surface area contributed by atoms with Crippen LogP contribution >= 0.6 is 11.6 Å². The fourth-order valence-electron chi connectivity index (χ4n) is 2.49. The summed E-state index contributed by atoms with van der Waals surface area (Å²) in [6.07, 6.45) is 1.06. The average Bonchev–Trinajstić information content (AvgIpc) is 2.80. The minimum Gasteiger partial charge on any atom is -0.449 e. The second kappa shape index (κ2) is 6.26. The van der Waals surface area contributed by atoms with Gasteiger partial charge in [-0.05, 0) is 30.7 Å². The lowest BCUT2D eigenvalue weighted by molar-refractivity contribution is -0.112. The van der Waals surface area contributed by atoms with Crippen LogP contribution < -0.4 is 4.90 Å². The van der Waals surface area contributed by atoms with E-state index in [2.05, 4.69) is 0 Å². The molecule has 1 aliphatic heterocycles.